The summed E-state index contributed by atoms with van der Waals surface area (Å²) in [5.74, 6) is -0.557. The van der Waals surface area contributed by atoms with E-state index in [9.17, 15) is 18.0 Å². The molecule has 0 aliphatic carbocycles. The molecule has 3 aromatic rings. The van der Waals surface area contributed by atoms with Crippen molar-refractivity contribution in [3.8, 4) is 11.5 Å². The maximum absolute atomic E-state index is 12.5. The van der Waals surface area contributed by atoms with Crippen LogP contribution in [0.2, 0.25) is 0 Å². The largest absolute Gasteiger partial charge is 0.416 e. The van der Waals surface area contributed by atoms with Gasteiger partial charge >= 0.3 is 12.2 Å². The molecular formula is C14H10F3N5O2. The number of halogens is 3. The minimum Gasteiger partial charge on any atom is -0.403 e. The van der Waals surface area contributed by atoms with Gasteiger partial charge in [-0.2, -0.15) is 18.3 Å². The Hall–Kier alpha value is -3.17. The zero-order chi connectivity index (χ0) is 17.3. The zero-order valence-corrected chi connectivity index (χ0v) is 12.2. The smallest absolute Gasteiger partial charge is 0.403 e. The van der Waals surface area contributed by atoms with Gasteiger partial charge in [-0.05, 0) is 30.3 Å². The van der Waals surface area contributed by atoms with Crippen LogP contribution in [0, 0.1) is 0 Å². The quantitative estimate of drug-likeness (QED) is 0.794. The molecule has 0 unspecified atom stereocenters. The van der Waals surface area contributed by atoms with Crippen molar-refractivity contribution >= 4 is 11.9 Å². The first-order valence-electron chi connectivity index (χ1n) is 6.65. The second-order valence-electron chi connectivity index (χ2n) is 4.82. The van der Waals surface area contributed by atoms with Crippen molar-refractivity contribution in [2.24, 2.45) is 7.05 Å². The summed E-state index contributed by atoms with van der Waals surface area (Å²) >= 11 is 0. The highest BCUT2D eigenvalue weighted by molar-refractivity contribution is 6.01. The van der Waals surface area contributed by atoms with Crippen LogP contribution in [0.15, 0.2) is 40.9 Å². The molecule has 0 aliphatic rings. The minimum atomic E-state index is -4.42. The van der Waals surface area contributed by atoms with Gasteiger partial charge in [0.25, 0.3) is 5.91 Å². The maximum Gasteiger partial charge on any atom is 0.416 e. The molecule has 3 rings (SSSR count). The van der Waals surface area contributed by atoms with Gasteiger partial charge in [-0.3, -0.25) is 14.8 Å². The molecule has 24 heavy (non-hydrogen) atoms. The molecule has 10 heteroatoms. The normalized spacial score (nSPS) is 11.5. The molecule has 1 aromatic carbocycles. The van der Waals surface area contributed by atoms with Gasteiger partial charge < -0.3 is 4.42 Å². The fourth-order valence-corrected chi connectivity index (χ4v) is 1.89. The van der Waals surface area contributed by atoms with Crippen molar-refractivity contribution in [2.45, 2.75) is 6.18 Å². The predicted molar refractivity (Wildman–Crippen MR) is 75.9 cm³/mol. The van der Waals surface area contributed by atoms with Crippen molar-refractivity contribution < 1.29 is 22.4 Å². The molecule has 1 N–H and O–H groups in total. The van der Waals surface area contributed by atoms with E-state index in [0.29, 0.717) is 5.56 Å². The molecule has 0 atom stereocenters. The van der Waals surface area contributed by atoms with Crippen LogP contribution in [0.3, 0.4) is 0 Å². The average Bonchev–Trinajstić information content (AvgIpc) is 3.16. The number of amides is 1. The summed E-state index contributed by atoms with van der Waals surface area (Å²) in [4.78, 5) is 11.9. The Balaban J connectivity index is 1.74. The van der Waals surface area contributed by atoms with E-state index in [1.165, 1.54) is 22.9 Å². The van der Waals surface area contributed by atoms with Crippen molar-refractivity contribution in [1.82, 2.24) is 20.0 Å². The van der Waals surface area contributed by atoms with Crippen LogP contribution in [0.5, 0.6) is 0 Å². The van der Waals surface area contributed by atoms with Crippen LogP contribution in [0.25, 0.3) is 11.5 Å². The number of aromatic nitrogens is 4. The first-order valence-corrected chi connectivity index (χ1v) is 6.65. The number of nitrogens with one attached hydrogen (secondary N) is 1. The highest BCUT2D eigenvalue weighted by Crippen LogP contribution is 2.30. The lowest BCUT2D eigenvalue weighted by Gasteiger charge is -2.05. The van der Waals surface area contributed by atoms with Gasteiger partial charge in [0, 0.05) is 18.8 Å². The summed E-state index contributed by atoms with van der Waals surface area (Å²) < 4.78 is 44.3. The van der Waals surface area contributed by atoms with Crippen molar-refractivity contribution in [3.05, 3.63) is 47.8 Å². The number of hydrogen-bond donors (Lipinski definition) is 1. The Morgan fingerprint density at radius 2 is 1.88 bits per heavy atom. The van der Waals surface area contributed by atoms with Gasteiger partial charge in [-0.1, -0.05) is 5.10 Å². The minimum absolute atomic E-state index is 0.0138. The number of carbonyl (C=O) groups is 1. The molecule has 2 aromatic heterocycles. The van der Waals surface area contributed by atoms with Gasteiger partial charge in [0.2, 0.25) is 5.89 Å². The third-order valence-corrected chi connectivity index (χ3v) is 3.05. The SMILES string of the molecule is Cn1ccc(C(=O)Nc2nnc(-c3ccc(C(F)(F)F)cc3)o2)n1. The van der Waals surface area contributed by atoms with Crippen LogP contribution in [-0.4, -0.2) is 25.9 Å². The first kappa shape index (κ1) is 15.7. The van der Waals surface area contributed by atoms with Crippen LogP contribution in [0.1, 0.15) is 16.1 Å². The van der Waals surface area contributed by atoms with E-state index in [2.05, 4.69) is 20.6 Å². The average molecular weight is 337 g/mol. The number of aryl methyl sites for hydroxylation is 1. The third kappa shape index (κ3) is 3.26. The maximum atomic E-state index is 12.5. The molecule has 0 radical (unpaired) electrons. The summed E-state index contributed by atoms with van der Waals surface area (Å²) in [6.07, 6.45) is -2.83. The Kier molecular flexibility index (Phi) is 3.80. The molecule has 0 bridgehead atoms. The highest BCUT2D eigenvalue weighted by atomic mass is 19.4. The highest BCUT2D eigenvalue weighted by Gasteiger charge is 2.30. The molecule has 124 valence electrons. The van der Waals surface area contributed by atoms with Gasteiger partial charge in [0.05, 0.1) is 5.56 Å². The van der Waals surface area contributed by atoms with Crippen LogP contribution >= 0.6 is 0 Å². The topological polar surface area (TPSA) is 85.8 Å². The third-order valence-electron chi connectivity index (χ3n) is 3.05. The van der Waals surface area contributed by atoms with Gasteiger partial charge in [-0.25, -0.2) is 0 Å². The lowest BCUT2D eigenvalue weighted by atomic mass is 10.1. The van der Waals surface area contributed by atoms with Crippen molar-refractivity contribution in [2.75, 3.05) is 5.32 Å². The van der Waals surface area contributed by atoms with E-state index in [4.69, 9.17) is 4.42 Å². The van der Waals surface area contributed by atoms with Gasteiger partial charge in [0.1, 0.15) is 0 Å². The van der Waals surface area contributed by atoms with E-state index >= 15 is 0 Å². The van der Waals surface area contributed by atoms with E-state index in [-0.39, 0.29) is 17.6 Å². The first-order chi connectivity index (χ1) is 11.3. The lowest BCUT2D eigenvalue weighted by molar-refractivity contribution is -0.137. The number of rotatable bonds is 3. The van der Waals surface area contributed by atoms with Gasteiger partial charge in [0.15, 0.2) is 5.69 Å². The molecule has 0 aliphatic heterocycles. The predicted octanol–water partition coefficient (Wildman–Crippen LogP) is 2.74. The zero-order valence-electron chi connectivity index (χ0n) is 12.2. The molecular weight excluding hydrogens is 327 g/mol. The molecule has 0 spiro atoms. The standard InChI is InChI=1S/C14H10F3N5O2/c1-22-7-6-10(21-22)11(23)18-13-20-19-12(24-13)8-2-4-9(5-3-8)14(15,16)17/h2-7H,1H3,(H,18,20,23). The fourth-order valence-electron chi connectivity index (χ4n) is 1.89. The van der Waals surface area contributed by atoms with E-state index in [1.807, 2.05) is 0 Å². The summed E-state index contributed by atoms with van der Waals surface area (Å²) in [7, 11) is 1.66. The fraction of sp³-hybridized carbons (Fsp3) is 0.143. The molecule has 0 saturated heterocycles. The number of carbonyl (C=O) groups excluding carboxylic acids is 1. The monoisotopic (exact) mass is 337 g/mol. The van der Waals surface area contributed by atoms with E-state index < -0.39 is 17.6 Å². The Morgan fingerprint density at radius 1 is 1.17 bits per heavy atom. The summed E-state index contributed by atoms with van der Waals surface area (Å²) in [6.45, 7) is 0. The van der Waals surface area contributed by atoms with Crippen LogP contribution in [0.4, 0.5) is 19.2 Å². The summed E-state index contributed by atoms with van der Waals surface area (Å²) in [6, 6.07) is 5.56. The summed E-state index contributed by atoms with van der Waals surface area (Å²) in [5, 5.41) is 13.6. The molecule has 1 amide bonds. The molecule has 2 heterocycles. The number of anilines is 1. The molecule has 0 fully saturated rings. The Labute approximate surface area is 133 Å². The number of benzene rings is 1. The molecule has 0 saturated carbocycles. The number of alkyl halides is 3. The van der Waals surface area contributed by atoms with Crippen LogP contribution in [-0.2, 0) is 13.2 Å². The van der Waals surface area contributed by atoms with Crippen molar-refractivity contribution in [3.63, 3.8) is 0 Å². The lowest BCUT2D eigenvalue weighted by Crippen LogP contribution is -2.13. The van der Waals surface area contributed by atoms with E-state index in [0.717, 1.165) is 12.1 Å². The summed E-state index contributed by atoms with van der Waals surface area (Å²) in [5.41, 5.74) is -0.324. The second-order valence-corrected chi connectivity index (χ2v) is 4.82. The van der Waals surface area contributed by atoms with Crippen LogP contribution < -0.4 is 5.32 Å². The number of hydrogen-bond acceptors (Lipinski definition) is 5. The molecule has 7 nitrogen and oxygen atoms in total. The van der Waals surface area contributed by atoms with Crippen molar-refractivity contribution in [1.29, 1.82) is 0 Å². The Bertz CT molecular complexity index is 867. The Morgan fingerprint density at radius 3 is 2.46 bits per heavy atom. The number of nitrogens with zero attached hydrogens (tertiary/aromatic N) is 4. The van der Waals surface area contributed by atoms with E-state index in [1.54, 1.807) is 13.2 Å². The van der Waals surface area contributed by atoms with Gasteiger partial charge in [-0.15, -0.1) is 5.10 Å². The second kappa shape index (κ2) is 5.80.